The molecule has 1 heterocycles. The van der Waals surface area contributed by atoms with Crippen LogP contribution in [0, 0.1) is 17.0 Å². The van der Waals surface area contributed by atoms with E-state index in [4.69, 9.17) is 5.84 Å². The maximum atomic E-state index is 12.1. The largest absolute Gasteiger partial charge is 0.320 e. The molecule has 0 radical (unpaired) electrons. The van der Waals surface area contributed by atoms with E-state index in [-0.39, 0.29) is 11.4 Å². The number of nitro benzene ring substituents is 1. The molecule has 8 nitrogen and oxygen atoms in total. The monoisotopic (exact) mass is 287 g/mol. The number of nitro groups is 1. The summed E-state index contributed by atoms with van der Waals surface area (Å²) in [5.74, 6) is 5.17. The van der Waals surface area contributed by atoms with Crippen molar-refractivity contribution < 1.29 is 9.72 Å². The normalized spacial score (nSPS) is 10.0. The van der Waals surface area contributed by atoms with Crippen LogP contribution in [-0.2, 0) is 0 Å². The summed E-state index contributed by atoms with van der Waals surface area (Å²) in [7, 11) is 0. The number of hydrogen-bond acceptors (Lipinski definition) is 6. The number of carbonyl (C=O) groups is 1. The van der Waals surface area contributed by atoms with Crippen LogP contribution in [0.15, 0.2) is 36.4 Å². The Kier molecular flexibility index (Phi) is 4.10. The molecule has 2 rings (SSSR count). The zero-order valence-corrected chi connectivity index (χ0v) is 11.2. The number of rotatable bonds is 4. The van der Waals surface area contributed by atoms with Crippen LogP contribution < -0.4 is 16.6 Å². The Hall–Kier alpha value is -3.00. The average Bonchev–Trinajstić information content (AvgIpc) is 2.49. The van der Waals surface area contributed by atoms with E-state index < -0.39 is 10.8 Å². The van der Waals surface area contributed by atoms with Crippen LogP contribution >= 0.6 is 0 Å². The smallest absolute Gasteiger partial charge is 0.274 e. The number of pyridine rings is 1. The lowest BCUT2D eigenvalue weighted by Gasteiger charge is -2.08. The highest BCUT2D eigenvalue weighted by atomic mass is 16.6. The number of nitrogens with zero attached hydrogens (tertiary/aromatic N) is 2. The third-order valence-electron chi connectivity index (χ3n) is 2.80. The first-order chi connectivity index (χ1) is 10.0. The second-order valence-electron chi connectivity index (χ2n) is 4.26. The molecule has 4 N–H and O–H groups in total. The van der Waals surface area contributed by atoms with Gasteiger partial charge in [0.05, 0.1) is 4.92 Å². The van der Waals surface area contributed by atoms with Gasteiger partial charge in [-0.3, -0.25) is 14.9 Å². The molecular formula is C13H13N5O3. The SMILES string of the molecule is Cc1cc([N+](=O)[O-])ccc1NC(=O)c1cccc(NN)n1. The van der Waals surface area contributed by atoms with Gasteiger partial charge in [-0.2, -0.15) is 0 Å². The van der Waals surface area contributed by atoms with Crippen LogP contribution in [0.25, 0.3) is 0 Å². The lowest BCUT2D eigenvalue weighted by Crippen LogP contribution is -2.16. The predicted molar refractivity (Wildman–Crippen MR) is 77.8 cm³/mol. The number of nitrogen functional groups attached to an aromatic ring is 1. The quantitative estimate of drug-likeness (QED) is 0.448. The van der Waals surface area contributed by atoms with Gasteiger partial charge in [0.25, 0.3) is 11.6 Å². The topological polar surface area (TPSA) is 123 Å². The molecule has 0 atom stereocenters. The van der Waals surface area contributed by atoms with E-state index in [1.54, 1.807) is 19.1 Å². The van der Waals surface area contributed by atoms with E-state index in [2.05, 4.69) is 15.7 Å². The molecule has 1 aromatic carbocycles. The van der Waals surface area contributed by atoms with Crippen LogP contribution in [0.1, 0.15) is 16.1 Å². The first kappa shape index (κ1) is 14.4. The summed E-state index contributed by atoms with van der Waals surface area (Å²) in [4.78, 5) is 26.3. The highest BCUT2D eigenvalue weighted by molar-refractivity contribution is 6.03. The Bertz CT molecular complexity index is 702. The molecule has 1 amide bonds. The minimum atomic E-state index is -0.490. The van der Waals surface area contributed by atoms with Crippen LogP contribution in [0.3, 0.4) is 0 Å². The highest BCUT2D eigenvalue weighted by Gasteiger charge is 2.12. The predicted octanol–water partition coefficient (Wildman–Crippen LogP) is 1.84. The molecule has 0 aliphatic carbocycles. The van der Waals surface area contributed by atoms with Gasteiger partial charge in [-0.1, -0.05) is 6.07 Å². The summed E-state index contributed by atoms with van der Waals surface area (Å²) in [6.45, 7) is 1.67. The van der Waals surface area contributed by atoms with Crippen LogP contribution in [0.4, 0.5) is 17.2 Å². The number of hydrazine groups is 1. The fourth-order valence-corrected chi connectivity index (χ4v) is 1.73. The zero-order chi connectivity index (χ0) is 15.4. The van der Waals surface area contributed by atoms with Crippen molar-refractivity contribution in [2.24, 2.45) is 5.84 Å². The van der Waals surface area contributed by atoms with Gasteiger partial charge in [-0.15, -0.1) is 0 Å². The van der Waals surface area contributed by atoms with Crippen molar-refractivity contribution in [1.29, 1.82) is 0 Å². The number of aromatic nitrogens is 1. The maximum absolute atomic E-state index is 12.1. The number of hydrogen-bond donors (Lipinski definition) is 3. The summed E-state index contributed by atoms with van der Waals surface area (Å²) in [5.41, 5.74) is 3.58. The van der Waals surface area contributed by atoms with E-state index >= 15 is 0 Å². The molecule has 0 saturated heterocycles. The molecule has 0 spiro atoms. The first-order valence-electron chi connectivity index (χ1n) is 6.01. The molecule has 0 bridgehead atoms. The Balaban J connectivity index is 2.21. The van der Waals surface area contributed by atoms with Crippen LogP contribution in [-0.4, -0.2) is 15.8 Å². The lowest BCUT2D eigenvalue weighted by atomic mass is 10.1. The van der Waals surface area contributed by atoms with Crippen LogP contribution in [0.5, 0.6) is 0 Å². The van der Waals surface area contributed by atoms with Gasteiger partial charge in [0.15, 0.2) is 0 Å². The molecule has 1 aromatic heterocycles. The number of anilines is 2. The van der Waals surface area contributed by atoms with Gasteiger partial charge in [-0.25, -0.2) is 10.8 Å². The summed E-state index contributed by atoms with van der Waals surface area (Å²) >= 11 is 0. The molecule has 0 aliphatic rings. The molecule has 108 valence electrons. The number of amides is 1. The third kappa shape index (κ3) is 3.31. The summed E-state index contributed by atoms with van der Waals surface area (Å²) < 4.78 is 0. The molecular weight excluding hydrogens is 274 g/mol. The second kappa shape index (κ2) is 5.97. The van der Waals surface area contributed by atoms with E-state index in [9.17, 15) is 14.9 Å². The van der Waals surface area contributed by atoms with Crippen molar-refractivity contribution in [2.45, 2.75) is 6.92 Å². The lowest BCUT2D eigenvalue weighted by molar-refractivity contribution is -0.384. The fraction of sp³-hybridized carbons (Fsp3) is 0.0769. The summed E-state index contributed by atoms with van der Waals surface area (Å²) in [6.07, 6.45) is 0. The van der Waals surface area contributed by atoms with Gasteiger partial charge >= 0.3 is 0 Å². The average molecular weight is 287 g/mol. The molecule has 2 aromatic rings. The fourth-order valence-electron chi connectivity index (χ4n) is 1.73. The number of aryl methyl sites for hydroxylation is 1. The number of non-ortho nitro benzene ring substituents is 1. The molecule has 21 heavy (non-hydrogen) atoms. The highest BCUT2D eigenvalue weighted by Crippen LogP contribution is 2.21. The van der Waals surface area contributed by atoms with Crippen molar-refractivity contribution in [3.05, 3.63) is 57.8 Å². The minimum Gasteiger partial charge on any atom is -0.320 e. The molecule has 0 fully saturated rings. The molecule has 0 unspecified atom stereocenters. The molecule has 0 saturated carbocycles. The first-order valence-corrected chi connectivity index (χ1v) is 6.01. The summed E-state index contributed by atoms with van der Waals surface area (Å²) in [5, 5.41) is 13.3. The standard InChI is InChI=1S/C13H13N5O3/c1-8-7-9(18(20)21)5-6-10(8)16-13(19)11-3-2-4-12(15-11)17-14/h2-7H,14H2,1H3,(H,15,17)(H,16,19). The van der Waals surface area contributed by atoms with Crippen molar-refractivity contribution in [3.8, 4) is 0 Å². The van der Waals surface area contributed by atoms with Gasteiger partial charge in [0, 0.05) is 17.8 Å². The Labute approximate surface area is 120 Å². The second-order valence-corrected chi connectivity index (χ2v) is 4.26. The van der Waals surface area contributed by atoms with Crippen molar-refractivity contribution in [2.75, 3.05) is 10.7 Å². The molecule has 8 heteroatoms. The van der Waals surface area contributed by atoms with E-state index in [1.165, 1.54) is 24.3 Å². The minimum absolute atomic E-state index is 0.0297. The number of benzene rings is 1. The third-order valence-corrected chi connectivity index (χ3v) is 2.80. The maximum Gasteiger partial charge on any atom is 0.274 e. The number of nitrogens with one attached hydrogen (secondary N) is 2. The Morgan fingerprint density at radius 2 is 2.10 bits per heavy atom. The van der Waals surface area contributed by atoms with Gasteiger partial charge in [0.1, 0.15) is 11.5 Å². The summed E-state index contributed by atoms with van der Waals surface area (Å²) in [6, 6.07) is 9.00. The van der Waals surface area contributed by atoms with Crippen LogP contribution in [0.2, 0.25) is 0 Å². The van der Waals surface area contributed by atoms with E-state index in [0.717, 1.165) is 0 Å². The van der Waals surface area contributed by atoms with Crippen molar-refractivity contribution in [1.82, 2.24) is 4.98 Å². The van der Waals surface area contributed by atoms with Crippen molar-refractivity contribution in [3.63, 3.8) is 0 Å². The zero-order valence-electron chi connectivity index (χ0n) is 11.2. The molecule has 0 aliphatic heterocycles. The number of carbonyl (C=O) groups excluding carboxylic acids is 1. The van der Waals surface area contributed by atoms with Crippen molar-refractivity contribution >= 4 is 23.1 Å². The van der Waals surface area contributed by atoms with E-state index in [0.29, 0.717) is 17.1 Å². The van der Waals surface area contributed by atoms with Gasteiger partial charge < -0.3 is 10.7 Å². The van der Waals surface area contributed by atoms with Gasteiger partial charge in [-0.05, 0) is 30.7 Å². The number of nitrogens with two attached hydrogens (primary N) is 1. The Morgan fingerprint density at radius 1 is 1.33 bits per heavy atom. The van der Waals surface area contributed by atoms with Gasteiger partial charge in [0.2, 0.25) is 0 Å². The Morgan fingerprint density at radius 3 is 2.71 bits per heavy atom. The van der Waals surface area contributed by atoms with E-state index in [1.807, 2.05) is 0 Å².